The molecule has 2 aliphatic rings. The number of nitrogens with zero attached hydrogens (tertiary/aromatic N) is 2. The van der Waals surface area contributed by atoms with Crippen LogP contribution in [-0.2, 0) is 27.2 Å². The Hall–Kier alpha value is -4.14. The van der Waals surface area contributed by atoms with Crippen LogP contribution < -0.4 is 10.6 Å². The lowest BCUT2D eigenvalue weighted by molar-refractivity contribution is -0.148. The summed E-state index contributed by atoms with van der Waals surface area (Å²) in [7, 11) is 0. The SMILES string of the molecule is CCC1(CC)CCCN(CC(=O)Nc2ccc3c(c2)CC(C(=O)Nc2ccccn2)C3)C1=O.Fc1cccc(F)c1. The molecule has 0 saturated carbocycles. The molecular formula is C32H36F2N4O3. The van der Waals surface area contributed by atoms with Gasteiger partial charge in [0.1, 0.15) is 17.5 Å². The second-order valence-corrected chi connectivity index (χ2v) is 10.6. The normalized spacial score (nSPS) is 17.2. The van der Waals surface area contributed by atoms with Gasteiger partial charge >= 0.3 is 0 Å². The van der Waals surface area contributed by atoms with E-state index in [9.17, 15) is 23.2 Å². The quantitative estimate of drug-likeness (QED) is 0.383. The van der Waals surface area contributed by atoms with Gasteiger partial charge in [-0.15, -0.1) is 0 Å². The molecule has 216 valence electrons. The zero-order valence-electron chi connectivity index (χ0n) is 23.5. The predicted octanol–water partition coefficient (Wildman–Crippen LogP) is 5.77. The molecule has 0 spiro atoms. The van der Waals surface area contributed by atoms with Gasteiger partial charge in [-0.1, -0.05) is 32.0 Å². The van der Waals surface area contributed by atoms with E-state index in [2.05, 4.69) is 29.5 Å². The van der Waals surface area contributed by atoms with Gasteiger partial charge in [-0.3, -0.25) is 14.4 Å². The molecule has 0 radical (unpaired) electrons. The van der Waals surface area contributed by atoms with Crippen LogP contribution in [0.4, 0.5) is 20.3 Å². The van der Waals surface area contributed by atoms with Crippen LogP contribution >= 0.6 is 0 Å². The summed E-state index contributed by atoms with van der Waals surface area (Å²) >= 11 is 0. The average molecular weight is 563 g/mol. The fraction of sp³-hybridized carbons (Fsp3) is 0.375. The van der Waals surface area contributed by atoms with E-state index in [-0.39, 0.29) is 35.6 Å². The van der Waals surface area contributed by atoms with Crippen molar-refractivity contribution in [3.05, 3.63) is 89.6 Å². The number of likely N-dealkylation sites (tertiary alicyclic amines) is 1. The summed E-state index contributed by atoms with van der Waals surface area (Å²) in [5.41, 5.74) is 2.57. The summed E-state index contributed by atoms with van der Waals surface area (Å²) in [6.07, 6.45) is 6.38. The molecule has 3 amide bonds. The standard InChI is InChI=1S/C26H32N4O3.C6H4F2/c1-3-26(4-2)11-7-13-30(25(26)33)17-23(31)28-21-10-9-18-14-20(15-19(18)16-21)24(32)29-22-8-5-6-12-27-22;7-5-2-1-3-6(8)4-5/h5-6,8-10,12,16,20H,3-4,7,11,13-15,17H2,1-2H3,(H,28,31)(H,27,29,32);1-4H. The fourth-order valence-electron chi connectivity index (χ4n) is 5.59. The number of amides is 3. The van der Waals surface area contributed by atoms with Crippen LogP contribution in [0.15, 0.2) is 66.9 Å². The Labute approximate surface area is 239 Å². The minimum Gasteiger partial charge on any atom is -0.333 e. The van der Waals surface area contributed by atoms with Gasteiger partial charge in [0.15, 0.2) is 0 Å². The van der Waals surface area contributed by atoms with Gasteiger partial charge in [-0.05, 0) is 86.1 Å². The summed E-state index contributed by atoms with van der Waals surface area (Å²) in [5.74, 6) is -0.813. The Morgan fingerprint density at radius 2 is 1.68 bits per heavy atom. The number of aromatic nitrogens is 1. The lowest BCUT2D eigenvalue weighted by atomic mass is 9.74. The zero-order chi connectivity index (χ0) is 29.4. The summed E-state index contributed by atoms with van der Waals surface area (Å²) in [4.78, 5) is 44.2. The molecule has 0 bridgehead atoms. The van der Waals surface area contributed by atoms with Crippen molar-refractivity contribution in [2.24, 2.45) is 11.3 Å². The van der Waals surface area contributed by atoms with Crippen LogP contribution in [-0.4, -0.2) is 40.7 Å². The Morgan fingerprint density at radius 1 is 0.951 bits per heavy atom. The van der Waals surface area contributed by atoms with Gasteiger partial charge in [0.2, 0.25) is 17.7 Å². The molecule has 1 aliphatic heterocycles. The van der Waals surface area contributed by atoms with Crippen LogP contribution in [0.1, 0.15) is 50.7 Å². The van der Waals surface area contributed by atoms with E-state index in [1.165, 1.54) is 18.2 Å². The molecule has 1 saturated heterocycles. The molecule has 2 N–H and O–H groups in total. The molecule has 1 aliphatic carbocycles. The third-order valence-electron chi connectivity index (χ3n) is 8.01. The number of carbonyl (C=O) groups is 3. The number of benzene rings is 2. The smallest absolute Gasteiger partial charge is 0.243 e. The molecule has 7 nitrogen and oxygen atoms in total. The van der Waals surface area contributed by atoms with E-state index in [1.54, 1.807) is 17.2 Å². The van der Waals surface area contributed by atoms with E-state index in [0.29, 0.717) is 30.9 Å². The van der Waals surface area contributed by atoms with Crippen LogP contribution in [0.2, 0.25) is 0 Å². The molecule has 3 aromatic rings. The predicted molar refractivity (Wildman–Crippen MR) is 154 cm³/mol. The van der Waals surface area contributed by atoms with E-state index < -0.39 is 11.6 Å². The second-order valence-electron chi connectivity index (χ2n) is 10.6. The molecule has 2 aromatic carbocycles. The number of fused-ring (bicyclic) bond motifs is 1. The monoisotopic (exact) mass is 562 g/mol. The molecule has 1 atom stereocenters. The van der Waals surface area contributed by atoms with Crippen molar-refractivity contribution in [2.45, 2.75) is 52.4 Å². The van der Waals surface area contributed by atoms with Gasteiger partial charge in [-0.2, -0.15) is 0 Å². The summed E-state index contributed by atoms with van der Waals surface area (Å²) in [6, 6.07) is 15.8. The van der Waals surface area contributed by atoms with Gasteiger partial charge in [-0.25, -0.2) is 13.8 Å². The average Bonchev–Trinajstić information content (AvgIpc) is 3.39. The van der Waals surface area contributed by atoms with Crippen molar-refractivity contribution in [3.63, 3.8) is 0 Å². The van der Waals surface area contributed by atoms with Gasteiger partial charge in [0.25, 0.3) is 0 Å². The van der Waals surface area contributed by atoms with Crippen molar-refractivity contribution in [3.8, 4) is 0 Å². The first-order valence-corrected chi connectivity index (χ1v) is 14.1. The third kappa shape index (κ3) is 7.54. The summed E-state index contributed by atoms with van der Waals surface area (Å²) in [5, 5.41) is 5.82. The zero-order valence-corrected chi connectivity index (χ0v) is 23.5. The van der Waals surface area contributed by atoms with E-state index >= 15 is 0 Å². The lowest BCUT2D eigenvalue weighted by Gasteiger charge is -2.40. The third-order valence-corrected chi connectivity index (χ3v) is 8.01. The van der Waals surface area contributed by atoms with Crippen molar-refractivity contribution in [2.75, 3.05) is 23.7 Å². The van der Waals surface area contributed by atoms with Gasteiger partial charge < -0.3 is 15.5 Å². The largest absolute Gasteiger partial charge is 0.333 e. The van der Waals surface area contributed by atoms with E-state index in [1.807, 2.05) is 30.3 Å². The number of anilines is 2. The number of rotatable bonds is 7. The van der Waals surface area contributed by atoms with Crippen LogP contribution in [0.3, 0.4) is 0 Å². The van der Waals surface area contributed by atoms with Crippen molar-refractivity contribution < 1.29 is 23.2 Å². The second kappa shape index (κ2) is 13.5. The van der Waals surface area contributed by atoms with Crippen molar-refractivity contribution in [1.82, 2.24) is 9.88 Å². The van der Waals surface area contributed by atoms with E-state index in [0.717, 1.165) is 42.9 Å². The first-order valence-electron chi connectivity index (χ1n) is 14.1. The Bertz CT molecular complexity index is 1360. The highest BCUT2D eigenvalue weighted by molar-refractivity contribution is 5.96. The molecule has 5 rings (SSSR count). The van der Waals surface area contributed by atoms with Crippen LogP contribution in [0.5, 0.6) is 0 Å². The number of hydrogen-bond donors (Lipinski definition) is 2. The first-order chi connectivity index (χ1) is 19.7. The summed E-state index contributed by atoms with van der Waals surface area (Å²) < 4.78 is 23.9. The molecule has 1 unspecified atom stereocenters. The highest BCUT2D eigenvalue weighted by atomic mass is 19.1. The number of pyridine rings is 1. The highest BCUT2D eigenvalue weighted by Gasteiger charge is 2.41. The molecule has 2 heterocycles. The maximum absolute atomic E-state index is 13.0. The minimum absolute atomic E-state index is 0.0468. The molecule has 41 heavy (non-hydrogen) atoms. The minimum atomic E-state index is -0.537. The van der Waals surface area contributed by atoms with Crippen LogP contribution in [0.25, 0.3) is 0 Å². The van der Waals surface area contributed by atoms with Crippen molar-refractivity contribution >= 4 is 29.2 Å². The van der Waals surface area contributed by atoms with Gasteiger partial charge in [0.05, 0.1) is 6.54 Å². The lowest BCUT2D eigenvalue weighted by Crippen LogP contribution is -2.50. The molecule has 9 heteroatoms. The molecular weight excluding hydrogens is 526 g/mol. The van der Waals surface area contributed by atoms with Gasteiger partial charge in [0, 0.05) is 35.8 Å². The molecule has 1 aromatic heterocycles. The highest BCUT2D eigenvalue weighted by Crippen LogP contribution is 2.37. The van der Waals surface area contributed by atoms with E-state index in [4.69, 9.17) is 0 Å². The number of piperidine rings is 1. The maximum Gasteiger partial charge on any atom is 0.243 e. The summed E-state index contributed by atoms with van der Waals surface area (Å²) in [6.45, 7) is 4.82. The Balaban J connectivity index is 0.000000417. The van der Waals surface area contributed by atoms with Crippen LogP contribution in [0, 0.1) is 23.0 Å². The number of nitrogens with one attached hydrogen (secondary N) is 2. The van der Waals surface area contributed by atoms with Crippen molar-refractivity contribution in [1.29, 1.82) is 0 Å². The number of carbonyl (C=O) groups excluding carboxylic acids is 3. The fourth-order valence-corrected chi connectivity index (χ4v) is 5.59. The topological polar surface area (TPSA) is 91.4 Å². The number of hydrogen-bond acceptors (Lipinski definition) is 4. The molecule has 1 fully saturated rings. The Kier molecular flexibility index (Phi) is 9.81. The number of halogens is 2. The first kappa shape index (κ1) is 29.8. The maximum atomic E-state index is 13.0. The Morgan fingerprint density at radius 3 is 2.32 bits per heavy atom.